The fraction of sp³-hybridized carbons (Fsp3) is 0.391. The van der Waals surface area contributed by atoms with Crippen LogP contribution in [0.15, 0.2) is 53.7 Å². The molecule has 0 bridgehead atoms. The molecule has 2 aromatic carbocycles. The number of rotatable bonds is 4. The van der Waals surface area contributed by atoms with Crippen molar-refractivity contribution in [2.75, 3.05) is 20.1 Å². The summed E-state index contributed by atoms with van der Waals surface area (Å²) >= 11 is 0. The molecule has 2 aliphatic rings. The Morgan fingerprint density at radius 1 is 1.08 bits per heavy atom. The fourth-order valence-corrected chi connectivity index (χ4v) is 4.20. The first-order chi connectivity index (χ1) is 12.6. The van der Waals surface area contributed by atoms with Crippen LogP contribution in [0, 0.1) is 12.7 Å². The Bertz CT molecular complexity index is 823. The summed E-state index contributed by atoms with van der Waals surface area (Å²) in [4.78, 5) is 2.45. The van der Waals surface area contributed by atoms with Crippen molar-refractivity contribution in [1.29, 1.82) is 0 Å². The van der Waals surface area contributed by atoms with Crippen LogP contribution < -0.4 is 5.32 Å². The first kappa shape index (κ1) is 17.3. The van der Waals surface area contributed by atoms with Crippen molar-refractivity contribution in [3.8, 4) is 0 Å². The molecule has 2 aliphatic heterocycles. The number of likely N-dealkylation sites (N-methyl/N-ethyl adjacent to an activating group) is 1. The van der Waals surface area contributed by atoms with Crippen molar-refractivity contribution in [2.45, 2.75) is 38.6 Å². The van der Waals surface area contributed by atoms with Gasteiger partial charge in [0, 0.05) is 19.3 Å². The SMILES string of the molecule is Cc1ccc(CCc2ccc(C3CC4=C(CNCC4)N3C)cc2)cc1F. The van der Waals surface area contributed by atoms with Gasteiger partial charge < -0.3 is 10.2 Å². The Hall–Kier alpha value is -2.13. The molecule has 0 amide bonds. The molecule has 0 radical (unpaired) electrons. The molecule has 0 aliphatic carbocycles. The number of benzene rings is 2. The molecular formula is C23H27FN2. The number of aryl methyl sites for hydroxylation is 3. The highest BCUT2D eigenvalue weighted by Gasteiger charge is 2.30. The molecule has 26 heavy (non-hydrogen) atoms. The predicted molar refractivity (Wildman–Crippen MR) is 105 cm³/mol. The minimum absolute atomic E-state index is 0.104. The summed E-state index contributed by atoms with van der Waals surface area (Å²) in [5.41, 5.74) is 7.61. The van der Waals surface area contributed by atoms with Crippen LogP contribution in [0.4, 0.5) is 4.39 Å². The summed E-state index contributed by atoms with van der Waals surface area (Å²) in [7, 11) is 2.22. The lowest BCUT2D eigenvalue weighted by Crippen LogP contribution is -2.29. The first-order valence-electron chi connectivity index (χ1n) is 9.60. The Kier molecular flexibility index (Phi) is 4.82. The lowest BCUT2D eigenvalue weighted by molar-refractivity contribution is 0.334. The molecule has 4 rings (SSSR count). The van der Waals surface area contributed by atoms with Gasteiger partial charge in [-0.05, 0) is 73.0 Å². The van der Waals surface area contributed by atoms with E-state index < -0.39 is 0 Å². The maximum Gasteiger partial charge on any atom is 0.126 e. The van der Waals surface area contributed by atoms with Gasteiger partial charge in [0.2, 0.25) is 0 Å². The second-order valence-corrected chi connectivity index (χ2v) is 7.63. The van der Waals surface area contributed by atoms with E-state index in [1.54, 1.807) is 18.6 Å². The zero-order chi connectivity index (χ0) is 18.1. The van der Waals surface area contributed by atoms with Gasteiger partial charge in [0.15, 0.2) is 0 Å². The summed E-state index contributed by atoms with van der Waals surface area (Å²) in [5, 5.41) is 3.48. The van der Waals surface area contributed by atoms with E-state index in [4.69, 9.17) is 0 Å². The molecule has 2 nitrogen and oxygen atoms in total. The highest BCUT2D eigenvalue weighted by Crippen LogP contribution is 2.39. The van der Waals surface area contributed by atoms with E-state index in [2.05, 4.69) is 41.5 Å². The second-order valence-electron chi connectivity index (χ2n) is 7.63. The standard InChI is InChI=1S/C23H27FN2/c1-16-3-4-18(13-21(16)24)6-5-17-7-9-19(10-8-17)22-14-20-11-12-25-15-23(20)26(22)2/h3-4,7-10,13,22,25H,5-6,11-12,14-15H2,1-2H3. The Balaban J connectivity index is 1.40. The van der Waals surface area contributed by atoms with Crippen molar-refractivity contribution in [2.24, 2.45) is 0 Å². The molecular weight excluding hydrogens is 323 g/mol. The van der Waals surface area contributed by atoms with E-state index in [9.17, 15) is 4.39 Å². The molecule has 1 N–H and O–H groups in total. The highest BCUT2D eigenvalue weighted by atomic mass is 19.1. The first-order valence-corrected chi connectivity index (χ1v) is 9.60. The van der Waals surface area contributed by atoms with E-state index >= 15 is 0 Å². The van der Waals surface area contributed by atoms with Gasteiger partial charge in [0.25, 0.3) is 0 Å². The fourth-order valence-electron chi connectivity index (χ4n) is 4.20. The molecule has 3 heteroatoms. The smallest absolute Gasteiger partial charge is 0.126 e. The van der Waals surface area contributed by atoms with Crippen molar-refractivity contribution >= 4 is 0 Å². The van der Waals surface area contributed by atoms with Crippen LogP contribution in [-0.4, -0.2) is 25.0 Å². The maximum absolute atomic E-state index is 13.7. The number of nitrogens with one attached hydrogen (secondary N) is 1. The van der Waals surface area contributed by atoms with Crippen molar-refractivity contribution in [3.63, 3.8) is 0 Å². The van der Waals surface area contributed by atoms with Crippen LogP contribution >= 0.6 is 0 Å². The molecule has 1 atom stereocenters. The van der Waals surface area contributed by atoms with Gasteiger partial charge in [-0.15, -0.1) is 0 Å². The topological polar surface area (TPSA) is 15.3 Å². The molecule has 0 spiro atoms. The lowest BCUT2D eigenvalue weighted by atomic mass is 9.97. The lowest BCUT2D eigenvalue weighted by Gasteiger charge is -2.27. The highest BCUT2D eigenvalue weighted by molar-refractivity contribution is 5.34. The van der Waals surface area contributed by atoms with E-state index in [1.807, 2.05) is 12.1 Å². The van der Waals surface area contributed by atoms with Gasteiger partial charge in [-0.2, -0.15) is 0 Å². The molecule has 0 saturated heterocycles. The largest absolute Gasteiger partial charge is 0.370 e. The molecule has 0 fully saturated rings. The number of hydrogen-bond donors (Lipinski definition) is 1. The van der Waals surface area contributed by atoms with E-state index in [0.29, 0.717) is 11.6 Å². The van der Waals surface area contributed by atoms with Crippen LogP contribution in [0.1, 0.15) is 41.1 Å². The molecule has 2 aromatic rings. The summed E-state index contributed by atoms with van der Waals surface area (Å²) in [6.07, 6.45) is 4.17. The number of hydrogen-bond acceptors (Lipinski definition) is 2. The van der Waals surface area contributed by atoms with Crippen LogP contribution in [0.3, 0.4) is 0 Å². The number of halogens is 1. The number of nitrogens with zero attached hydrogens (tertiary/aromatic N) is 1. The predicted octanol–water partition coefficient (Wildman–Crippen LogP) is 4.54. The monoisotopic (exact) mass is 350 g/mol. The summed E-state index contributed by atoms with van der Waals surface area (Å²) in [6.45, 7) is 3.92. The van der Waals surface area contributed by atoms with Gasteiger partial charge in [0.05, 0.1) is 6.04 Å². The zero-order valence-corrected chi connectivity index (χ0v) is 15.7. The molecule has 0 aromatic heterocycles. The third-order valence-corrected chi connectivity index (χ3v) is 5.94. The molecule has 1 unspecified atom stereocenters. The third-order valence-electron chi connectivity index (χ3n) is 5.94. The maximum atomic E-state index is 13.7. The van der Waals surface area contributed by atoms with Gasteiger partial charge in [0.1, 0.15) is 5.82 Å². The summed E-state index contributed by atoms with van der Waals surface area (Å²) < 4.78 is 13.7. The van der Waals surface area contributed by atoms with Crippen molar-refractivity contribution < 1.29 is 4.39 Å². The van der Waals surface area contributed by atoms with Crippen LogP contribution in [0.2, 0.25) is 0 Å². The molecule has 2 heterocycles. The van der Waals surface area contributed by atoms with Gasteiger partial charge in [-0.25, -0.2) is 4.39 Å². The average Bonchev–Trinajstić information content (AvgIpc) is 3.00. The second kappa shape index (κ2) is 7.24. The van der Waals surface area contributed by atoms with E-state index in [-0.39, 0.29) is 5.82 Å². The van der Waals surface area contributed by atoms with Crippen molar-refractivity contribution in [1.82, 2.24) is 10.2 Å². The van der Waals surface area contributed by atoms with E-state index in [0.717, 1.165) is 37.9 Å². The minimum atomic E-state index is -0.104. The normalized spacial score (nSPS) is 19.8. The Morgan fingerprint density at radius 3 is 2.54 bits per heavy atom. The summed E-state index contributed by atoms with van der Waals surface area (Å²) in [6, 6.07) is 15.1. The molecule has 136 valence electrons. The van der Waals surface area contributed by atoms with Gasteiger partial charge >= 0.3 is 0 Å². The van der Waals surface area contributed by atoms with Gasteiger partial charge in [-0.1, -0.05) is 36.4 Å². The van der Waals surface area contributed by atoms with E-state index in [1.165, 1.54) is 23.2 Å². The Morgan fingerprint density at radius 2 is 1.81 bits per heavy atom. The Labute approximate surface area is 155 Å². The average molecular weight is 350 g/mol. The summed E-state index contributed by atoms with van der Waals surface area (Å²) in [5.74, 6) is -0.104. The third kappa shape index (κ3) is 3.41. The van der Waals surface area contributed by atoms with Crippen LogP contribution in [-0.2, 0) is 12.8 Å². The van der Waals surface area contributed by atoms with Crippen molar-refractivity contribution in [3.05, 3.63) is 81.8 Å². The van der Waals surface area contributed by atoms with Crippen LogP contribution in [0.5, 0.6) is 0 Å². The zero-order valence-electron chi connectivity index (χ0n) is 15.7. The van der Waals surface area contributed by atoms with Gasteiger partial charge in [-0.3, -0.25) is 0 Å². The van der Waals surface area contributed by atoms with Crippen LogP contribution in [0.25, 0.3) is 0 Å². The quantitative estimate of drug-likeness (QED) is 0.871. The minimum Gasteiger partial charge on any atom is -0.370 e. The molecule has 0 saturated carbocycles.